The van der Waals surface area contributed by atoms with E-state index in [1.165, 1.54) is 11.3 Å². The molecule has 0 radical (unpaired) electrons. The van der Waals surface area contributed by atoms with Crippen molar-refractivity contribution < 1.29 is 9.53 Å². The summed E-state index contributed by atoms with van der Waals surface area (Å²) in [5.41, 5.74) is 3.46. The zero-order chi connectivity index (χ0) is 22.2. The van der Waals surface area contributed by atoms with Gasteiger partial charge in [0.15, 0.2) is 4.80 Å². The zero-order valence-electron chi connectivity index (χ0n) is 17.9. The number of methoxy groups -OCH3 is 1. The molecule has 0 aliphatic carbocycles. The maximum Gasteiger partial charge on any atom is 0.256 e. The molecular formula is C26H25N3O2S. The molecule has 6 heteroatoms. The van der Waals surface area contributed by atoms with Crippen LogP contribution in [-0.4, -0.2) is 24.2 Å². The van der Waals surface area contributed by atoms with Gasteiger partial charge in [-0.2, -0.15) is 0 Å². The molecule has 162 valence electrons. The largest absolute Gasteiger partial charge is 0.385 e. The Bertz CT molecular complexity index is 1220. The van der Waals surface area contributed by atoms with E-state index in [9.17, 15) is 4.79 Å². The first-order chi connectivity index (χ1) is 15.8. The molecule has 1 heterocycles. The Labute approximate surface area is 191 Å². The van der Waals surface area contributed by atoms with Gasteiger partial charge in [-0.15, -0.1) is 0 Å². The smallest absolute Gasteiger partial charge is 0.256 e. The van der Waals surface area contributed by atoms with E-state index in [0.29, 0.717) is 12.2 Å². The van der Waals surface area contributed by atoms with Crippen molar-refractivity contribution in [3.63, 3.8) is 0 Å². The average Bonchev–Trinajstić information content (AvgIpc) is 3.17. The number of nitrogens with zero attached hydrogens (tertiary/aromatic N) is 2. The predicted molar refractivity (Wildman–Crippen MR) is 130 cm³/mol. The van der Waals surface area contributed by atoms with Gasteiger partial charge in [-0.05, 0) is 30.7 Å². The maximum absolute atomic E-state index is 13.0. The fraction of sp³-hybridized carbons (Fsp3) is 0.154. The third-order valence-corrected chi connectivity index (χ3v) is 5.92. The van der Waals surface area contributed by atoms with Crippen LogP contribution in [0.1, 0.15) is 16.8 Å². The zero-order valence-corrected chi connectivity index (χ0v) is 18.7. The Morgan fingerprint density at radius 1 is 0.938 bits per heavy atom. The fourth-order valence-corrected chi connectivity index (χ4v) is 4.51. The minimum absolute atomic E-state index is 0.140. The van der Waals surface area contributed by atoms with Crippen LogP contribution in [0, 0.1) is 0 Å². The molecule has 0 spiro atoms. The topological polar surface area (TPSA) is 55.6 Å². The third kappa shape index (κ3) is 5.22. The van der Waals surface area contributed by atoms with Crippen molar-refractivity contribution in [1.82, 2.24) is 4.57 Å². The Balaban J connectivity index is 1.84. The molecule has 1 aromatic heterocycles. The normalized spacial score (nSPS) is 11.5. The van der Waals surface area contributed by atoms with E-state index in [0.717, 1.165) is 39.7 Å². The van der Waals surface area contributed by atoms with Gasteiger partial charge < -0.3 is 14.6 Å². The maximum atomic E-state index is 13.0. The number of ether oxygens (including phenoxy) is 1. The number of benzene rings is 3. The lowest BCUT2D eigenvalue weighted by molar-refractivity contribution is 0.102. The molecule has 1 N–H and O–H groups in total. The summed E-state index contributed by atoms with van der Waals surface area (Å²) >= 11 is 1.48. The lowest BCUT2D eigenvalue weighted by Crippen LogP contribution is -2.17. The van der Waals surface area contributed by atoms with E-state index < -0.39 is 0 Å². The molecule has 0 aliphatic rings. The number of nitrogens with one attached hydrogen (secondary N) is 1. The monoisotopic (exact) mass is 443 g/mol. The minimum Gasteiger partial charge on any atom is -0.385 e. The van der Waals surface area contributed by atoms with Gasteiger partial charge in [0.1, 0.15) is 5.00 Å². The molecular weight excluding hydrogens is 418 g/mol. The molecule has 3 aromatic carbocycles. The minimum atomic E-state index is -0.140. The van der Waals surface area contributed by atoms with E-state index >= 15 is 0 Å². The lowest BCUT2D eigenvalue weighted by atomic mass is 10.1. The van der Waals surface area contributed by atoms with E-state index in [2.05, 4.69) is 22.0 Å². The Morgan fingerprint density at radius 2 is 1.56 bits per heavy atom. The number of aromatic nitrogens is 1. The highest BCUT2D eigenvalue weighted by molar-refractivity contribution is 7.14. The van der Waals surface area contributed by atoms with Crippen molar-refractivity contribution in [1.29, 1.82) is 0 Å². The van der Waals surface area contributed by atoms with Gasteiger partial charge in [-0.3, -0.25) is 4.79 Å². The number of rotatable bonds is 8. The first-order valence-electron chi connectivity index (χ1n) is 10.5. The summed E-state index contributed by atoms with van der Waals surface area (Å²) in [5, 5.41) is 3.90. The third-order valence-electron chi connectivity index (χ3n) is 4.93. The number of amides is 1. The molecule has 0 unspecified atom stereocenters. The number of thiazole rings is 1. The Morgan fingerprint density at radius 3 is 2.22 bits per heavy atom. The predicted octanol–water partition coefficient (Wildman–Crippen LogP) is 5.74. The van der Waals surface area contributed by atoms with Gasteiger partial charge in [0, 0.05) is 31.4 Å². The summed E-state index contributed by atoms with van der Waals surface area (Å²) in [6, 6.07) is 29.2. The number of carbonyl (C=O) groups is 1. The standard InChI is InChI=1S/C26H25N3O2S/c1-31-19-11-18-29-23(20-12-5-2-6-13-20)25(28-24(30)21-14-7-3-8-15-21)32-26(29)27-22-16-9-4-10-17-22/h2-10,12-17H,11,18-19H2,1H3,(H,28,30). The summed E-state index contributed by atoms with van der Waals surface area (Å²) in [6.45, 7) is 1.37. The molecule has 0 atom stereocenters. The lowest BCUT2D eigenvalue weighted by Gasteiger charge is -2.12. The van der Waals surface area contributed by atoms with Crippen LogP contribution in [0.3, 0.4) is 0 Å². The van der Waals surface area contributed by atoms with Crippen LogP contribution in [0.25, 0.3) is 11.3 Å². The molecule has 0 saturated carbocycles. The molecule has 5 nitrogen and oxygen atoms in total. The van der Waals surface area contributed by atoms with Gasteiger partial charge >= 0.3 is 0 Å². The Hall–Kier alpha value is -3.48. The molecule has 0 fully saturated rings. The molecule has 1 amide bonds. The van der Waals surface area contributed by atoms with Crippen LogP contribution < -0.4 is 10.1 Å². The van der Waals surface area contributed by atoms with E-state index in [1.807, 2.05) is 78.9 Å². The Kier molecular flexibility index (Phi) is 7.27. The average molecular weight is 444 g/mol. The quantitative estimate of drug-likeness (QED) is 0.353. The van der Waals surface area contributed by atoms with E-state index in [4.69, 9.17) is 9.73 Å². The van der Waals surface area contributed by atoms with Crippen LogP contribution in [0.15, 0.2) is 96.0 Å². The van der Waals surface area contributed by atoms with Crippen LogP contribution in [0.4, 0.5) is 10.7 Å². The summed E-state index contributed by atoms with van der Waals surface area (Å²) in [5.74, 6) is -0.140. The van der Waals surface area contributed by atoms with Crippen molar-refractivity contribution >= 4 is 27.9 Å². The summed E-state index contributed by atoms with van der Waals surface area (Å²) in [4.78, 5) is 18.7. The van der Waals surface area contributed by atoms with Gasteiger partial charge in [0.2, 0.25) is 0 Å². The van der Waals surface area contributed by atoms with Gasteiger partial charge in [-0.25, -0.2) is 4.99 Å². The highest BCUT2D eigenvalue weighted by Gasteiger charge is 2.18. The SMILES string of the molecule is COCCCn1c(-c2ccccc2)c(NC(=O)c2ccccc2)sc1=Nc1ccccc1. The van der Waals surface area contributed by atoms with Crippen LogP contribution >= 0.6 is 11.3 Å². The molecule has 0 saturated heterocycles. The van der Waals surface area contributed by atoms with Crippen molar-refractivity contribution in [3.8, 4) is 11.3 Å². The van der Waals surface area contributed by atoms with Crippen molar-refractivity contribution in [3.05, 3.63) is 101 Å². The van der Waals surface area contributed by atoms with Gasteiger partial charge in [0.05, 0.1) is 11.4 Å². The molecule has 0 aliphatic heterocycles. The highest BCUT2D eigenvalue weighted by Crippen LogP contribution is 2.32. The number of hydrogen-bond acceptors (Lipinski definition) is 4. The second kappa shape index (κ2) is 10.7. The summed E-state index contributed by atoms with van der Waals surface area (Å²) < 4.78 is 7.46. The van der Waals surface area contributed by atoms with Crippen molar-refractivity contribution in [2.45, 2.75) is 13.0 Å². The van der Waals surface area contributed by atoms with Gasteiger partial charge in [0.25, 0.3) is 5.91 Å². The molecule has 4 aromatic rings. The first-order valence-corrected chi connectivity index (χ1v) is 11.3. The number of anilines is 1. The second-order valence-electron chi connectivity index (χ2n) is 7.19. The van der Waals surface area contributed by atoms with Crippen LogP contribution in [0.2, 0.25) is 0 Å². The summed E-state index contributed by atoms with van der Waals surface area (Å²) in [6.07, 6.45) is 0.834. The van der Waals surface area contributed by atoms with Crippen molar-refractivity contribution in [2.24, 2.45) is 4.99 Å². The fourth-order valence-electron chi connectivity index (χ4n) is 3.42. The first kappa shape index (κ1) is 21.7. The van der Waals surface area contributed by atoms with Gasteiger partial charge in [-0.1, -0.05) is 78.1 Å². The highest BCUT2D eigenvalue weighted by atomic mass is 32.1. The van der Waals surface area contributed by atoms with Crippen molar-refractivity contribution in [2.75, 3.05) is 19.0 Å². The summed E-state index contributed by atoms with van der Waals surface area (Å²) in [7, 11) is 1.71. The van der Waals surface area contributed by atoms with E-state index in [1.54, 1.807) is 7.11 Å². The molecule has 32 heavy (non-hydrogen) atoms. The number of carbonyl (C=O) groups excluding carboxylic acids is 1. The van der Waals surface area contributed by atoms with E-state index in [-0.39, 0.29) is 5.91 Å². The molecule has 0 bridgehead atoms. The number of para-hydroxylation sites is 1. The molecule has 4 rings (SSSR count). The van der Waals surface area contributed by atoms with Crippen LogP contribution in [0.5, 0.6) is 0 Å². The second-order valence-corrected chi connectivity index (χ2v) is 8.17. The number of hydrogen-bond donors (Lipinski definition) is 1. The van der Waals surface area contributed by atoms with Crippen LogP contribution in [-0.2, 0) is 11.3 Å².